The first-order valence-electron chi connectivity index (χ1n) is 7.27. The third kappa shape index (κ3) is 13.1. The van der Waals surface area contributed by atoms with Gasteiger partial charge in [-0.2, -0.15) is 0 Å². The second-order valence-electron chi connectivity index (χ2n) is 4.45. The molecule has 0 bridgehead atoms. The predicted molar refractivity (Wildman–Crippen MR) is 85.8 cm³/mol. The van der Waals surface area contributed by atoms with E-state index < -0.39 is 0 Å². The van der Waals surface area contributed by atoms with E-state index in [1.54, 1.807) is 31.2 Å². The van der Waals surface area contributed by atoms with E-state index in [-0.39, 0.29) is 12.1 Å². The summed E-state index contributed by atoms with van der Waals surface area (Å²) in [6.07, 6.45) is 0.142. The number of ether oxygens (including phenoxy) is 3. The van der Waals surface area contributed by atoms with Crippen molar-refractivity contribution in [3.8, 4) is 5.75 Å². The van der Waals surface area contributed by atoms with Gasteiger partial charge in [0.1, 0.15) is 18.5 Å². The molecule has 0 spiro atoms. The Balaban J connectivity index is 0.000000322. The van der Waals surface area contributed by atoms with Crippen molar-refractivity contribution in [1.82, 2.24) is 0 Å². The average Bonchev–Trinajstić information content (AvgIpc) is 3.32. The highest BCUT2D eigenvalue weighted by Gasteiger charge is 2.24. The maximum Gasteiger partial charge on any atom is 0.333 e. The summed E-state index contributed by atoms with van der Waals surface area (Å²) in [5, 5.41) is 8.63. The number of phenols is 1. The predicted octanol–water partition coefficient (Wildman–Crippen LogP) is 2.94. The van der Waals surface area contributed by atoms with Gasteiger partial charge in [0.25, 0.3) is 0 Å². The molecular weight excluding hydrogens is 284 g/mol. The van der Waals surface area contributed by atoms with Crippen LogP contribution in [-0.2, 0) is 19.0 Å². The molecule has 1 N–H and O–H groups in total. The van der Waals surface area contributed by atoms with Crippen LogP contribution in [0.4, 0.5) is 0 Å². The summed E-state index contributed by atoms with van der Waals surface area (Å²) in [7, 11) is 0. The second kappa shape index (κ2) is 12.9. The van der Waals surface area contributed by atoms with E-state index in [4.69, 9.17) is 19.3 Å². The minimum Gasteiger partial charge on any atom is -0.508 e. The molecule has 1 aromatic rings. The zero-order valence-electron chi connectivity index (χ0n) is 13.6. The Morgan fingerprint density at radius 3 is 2.14 bits per heavy atom. The van der Waals surface area contributed by atoms with Crippen molar-refractivity contribution in [2.75, 3.05) is 26.4 Å². The van der Waals surface area contributed by atoms with Crippen molar-refractivity contribution in [3.63, 3.8) is 0 Å². The summed E-state index contributed by atoms with van der Waals surface area (Å²) in [5.74, 6) is -0.0157. The fourth-order valence-corrected chi connectivity index (χ4v) is 1.09. The van der Waals surface area contributed by atoms with Crippen molar-refractivity contribution in [2.45, 2.75) is 26.9 Å². The van der Waals surface area contributed by atoms with Crippen LogP contribution in [0.25, 0.3) is 0 Å². The standard InChI is InChI=1S/C7H10O3.C6H6O.C4H10O/c1-5(2)7(8)10-4-6-3-9-6;7-6-4-2-1-3-5-6;1-3-5-4-2/h6H,1,3-4H2,2H3;1-5,7H;3-4H2,1-2H3. The SMILES string of the molecule is C=C(C)C(=O)OCC1CO1.CCOCC.Oc1ccccc1. The number of carbonyl (C=O) groups is 1. The molecule has 0 aromatic heterocycles. The maximum atomic E-state index is 10.7. The molecular formula is C17H26O5. The van der Waals surface area contributed by atoms with E-state index >= 15 is 0 Å². The van der Waals surface area contributed by atoms with Gasteiger partial charge < -0.3 is 19.3 Å². The zero-order valence-corrected chi connectivity index (χ0v) is 13.6. The molecule has 2 rings (SSSR count). The van der Waals surface area contributed by atoms with Gasteiger partial charge in [0, 0.05) is 18.8 Å². The first kappa shape index (κ1) is 20.1. The number of esters is 1. The molecule has 0 amide bonds. The van der Waals surface area contributed by atoms with Gasteiger partial charge in [0.05, 0.1) is 6.61 Å². The Morgan fingerprint density at radius 1 is 1.32 bits per heavy atom. The molecule has 1 aromatic carbocycles. The second-order valence-corrected chi connectivity index (χ2v) is 4.45. The summed E-state index contributed by atoms with van der Waals surface area (Å²) >= 11 is 0. The van der Waals surface area contributed by atoms with E-state index in [9.17, 15) is 4.79 Å². The van der Waals surface area contributed by atoms with Crippen LogP contribution in [0.1, 0.15) is 20.8 Å². The number of phenolic OH excluding ortho intramolecular Hbond substituents is 1. The fourth-order valence-electron chi connectivity index (χ4n) is 1.09. The van der Waals surface area contributed by atoms with Crippen LogP contribution in [0.15, 0.2) is 42.5 Å². The van der Waals surface area contributed by atoms with Gasteiger partial charge in [-0.25, -0.2) is 4.79 Å². The van der Waals surface area contributed by atoms with Crippen molar-refractivity contribution in [2.24, 2.45) is 0 Å². The normalized spacial score (nSPS) is 14.6. The third-order valence-electron chi connectivity index (χ3n) is 2.32. The van der Waals surface area contributed by atoms with Crippen LogP contribution in [0.2, 0.25) is 0 Å². The molecule has 0 aliphatic carbocycles. The molecule has 0 radical (unpaired) electrons. The van der Waals surface area contributed by atoms with Crippen molar-refractivity contribution < 1.29 is 24.1 Å². The molecule has 1 aliphatic rings. The monoisotopic (exact) mass is 310 g/mol. The van der Waals surface area contributed by atoms with Crippen molar-refractivity contribution >= 4 is 5.97 Å². The van der Waals surface area contributed by atoms with Gasteiger partial charge in [0.15, 0.2) is 0 Å². The van der Waals surface area contributed by atoms with E-state index in [2.05, 4.69) is 6.58 Å². The van der Waals surface area contributed by atoms with Gasteiger partial charge in [0.2, 0.25) is 0 Å². The van der Waals surface area contributed by atoms with E-state index in [0.717, 1.165) is 13.2 Å². The molecule has 1 fully saturated rings. The zero-order chi connectivity index (χ0) is 16.8. The molecule has 22 heavy (non-hydrogen) atoms. The van der Waals surface area contributed by atoms with Crippen LogP contribution in [-0.4, -0.2) is 43.6 Å². The molecule has 1 aliphatic heterocycles. The quantitative estimate of drug-likeness (QED) is 0.514. The van der Waals surface area contributed by atoms with E-state index in [1.165, 1.54) is 0 Å². The third-order valence-corrected chi connectivity index (χ3v) is 2.32. The number of epoxide rings is 1. The van der Waals surface area contributed by atoms with Gasteiger partial charge >= 0.3 is 5.97 Å². The summed E-state index contributed by atoms with van der Waals surface area (Å²) in [6.45, 7) is 11.8. The van der Waals surface area contributed by atoms with Crippen LogP contribution < -0.4 is 0 Å². The Labute approximate surface area is 132 Å². The maximum absolute atomic E-state index is 10.7. The molecule has 1 atom stereocenters. The highest BCUT2D eigenvalue weighted by Crippen LogP contribution is 2.09. The number of rotatable bonds is 5. The summed E-state index contributed by atoms with van der Waals surface area (Å²) in [5.41, 5.74) is 0.431. The van der Waals surface area contributed by atoms with Crippen molar-refractivity contribution in [1.29, 1.82) is 0 Å². The molecule has 124 valence electrons. The molecule has 5 heteroatoms. The average molecular weight is 310 g/mol. The van der Waals surface area contributed by atoms with E-state index in [1.807, 2.05) is 19.9 Å². The highest BCUT2D eigenvalue weighted by molar-refractivity contribution is 5.86. The number of hydrogen-bond donors (Lipinski definition) is 1. The first-order valence-corrected chi connectivity index (χ1v) is 7.27. The molecule has 1 saturated heterocycles. The minimum absolute atomic E-state index is 0.142. The highest BCUT2D eigenvalue weighted by atomic mass is 16.6. The number of aromatic hydroxyl groups is 1. The Hall–Kier alpha value is -1.85. The number of hydrogen-bond acceptors (Lipinski definition) is 5. The number of carbonyl (C=O) groups excluding carboxylic acids is 1. The van der Waals surface area contributed by atoms with Gasteiger partial charge in [-0.3, -0.25) is 0 Å². The Kier molecular flexibility index (Phi) is 11.8. The van der Waals surface area contributed by atoms with Crippen molar-refractivity contribution in [3.05, 3.63) is 42.5 Å². The summed E-state index contributed by atoms with van der Waals surface area (Å²) in [4.78, 5) is 10.7. The lowest BCUT2D eigenvalue weighted by Crippen LogP contribution is -2.09. The molecule has 5 nitrogen and oxygen atoms in total. The Morgan fingerprint density at radius 2 is 1.86 bits per heavy atom. The largest absolute Gasteiger partial charge is 0.508 e. The number of para-hydroxylation sites is 1. The van der Waals surface area contributed by atoms with Crippen LogP contribution in [0.5, 0.6) is 5.75 Å². The smallest absolute Gasteiger partial charge is 0.333 e. The van der Waals surface area contributed by atoms with Gasteiger partial charge in [-0.15, -0.1) is 0 Å². The minimum atomic E-state index is -0.337. The Bertz CT molecular complexity index is 410. The lowest BCUT2D eigenvalue weighted by Gasteiger charge is -1.99. The molecule has 1 heterocycles. The summed E-state index contributed by atoms with van der Waals surface area (Å²) in [6, 6.07) is 8.71. The van der Waals surface area contributed by atoms with Crippen LogP contribution in [0, 0.1) is 0 Å². The summed E-state index contributed by atoms with van der Waals surface area (Å²) < 4.78 is 14.4. The molecule has 1 unspecified atom stereocenters. The van der Waals surface area contributed by atoms with Gasteiger partial charge in [-0.05, 0) is 32.9 Å². The fraction of sp³-hybridized carbons (Fsp3) is 0.471. The topological polar surface area (TPSA) is 68.3 Å². The number of benzene rings is 1. The van der Waals surface area contributed by atoms with E-state index in [0.29, 0.717) is 24.5 Å². The first-order chi connectivity index (χ1) is 10.5. The lowest BCUT2D eigenvalue weighted by atomic mass is 10.3. The lowest BCUT2D eigenvalue weighted by molar-refractivity contribution is -0.139. The van der Waals surface area contributed by atoms with Gasteiger partial charge in [-0.1, -0.05) is 24.8 Å². The molecule has 0 saturated carbocycles. The van der Waals surface area contributed by atoms with Crippen LogP contribution in [0.3, 0.4) is 0 Å². The van der Waals surface area contributed by atoms with Crippen LogP contribution >= 0.6 is 0 Å².